The third-order valence-corrected chi connectivity index (χ3v) is 10.6. The molecule has 0 aromatic carbocycles. The van der Waals surface area contributed by atoms with Crippen molar-refractivity contribution in [2.75, 3.05) is 68.6 Å². The average Bonchev–Trinajstić information content (AvgIpc) is 3.03. The summed E-state index contributed by atoms with van der Waals surface area (Å²) >= 11 is 0. The van der Waals surface area contributed by atoms with Crippen LogP contribution in [0, 0.1) is 0 Å². The first kappa shape index (κ1) is 53.2. The topological polar surface area (TPSA) is 18.5 Å². The van der Waals surface area contributed by atoms with E-state index in [0.29, 0.717) is 0 Å². The molecule has 0 rings (SSSR count). The Balaban J connectivity index is -0.0000101. The van der Waals surface area contributed by atoms with Crippen molar-refractivity contribution in [1.29, 1.82) is 0 Å². The summed E-state index contributed by atoms with van der Waals surface area (Å²) in [4.78, 5) is 0. The van der Waals surface area contributed by atoms with E-state index in [1.54, 1.807) is 0 Å². The number of unbranched alkanes of at least 4 members (excludes halogenated alkanes) is 26. The van der Waals surface area contributed by atoms with E-state index >= 15 is 0 Å². The van der Waals surface area contributed by atoms with Gasteiger partial charge in [-0.15, -0.1) is 0 Å². The zero-order valence-electron chi connectivity index (χ0n) is 34.2. The Morgan fingerprint density at radius 3 is 0.708 bits per heavy atom. The number of methoxy groups -OCH3 is 2. The van der Waals surface area contributed by atoms with Gasteiger partial charge in [0.05, 0.1) is 41.3 Å². The maximum Gasteiger partial charge on any atom is 0.137 e. The molecule has 0 saturated heterocycles. The molecule has 4 nitrogen and oxygen atoms in total. The monoisotopic (exact) mass is 813 g/mol. The van der Waals surface area contributed by atoms with Gasteiger partial charge in [-0.3, -0.25) is 0 Å². The van der Waals surface area contributed by atoms with Gasteiger partial charge in [-0.1, -0.05) is 168 Å². The Labute approximate surface area is 325 Å². The van der Waals surface area contributed by atoms with Gasteiger partial charge in [-0.2, -0.15) is 0 Å². The molecule has 6 heteroatoms. The number of hydrogen-bond donors (Lipinski definition) is 0. The van der Waals surface area contributed by atoms with Crippen LogP contribution in [0.1, 0.15) is 194 Å². The predicted molar refractivity (Wildman–Crippen MR) is 206 cm³/mol. The van der Waals surface area contributed by atoms with Crippen molar-refractivity contribution in [3.8, 4) is 0 Å². The lowest BCUT2D eigenvalue weighted by Crippen LogP contribution is -3.00. The summed E-state index contributed by atoms with van der Waals surface area (Å²) in [6.45, 7) is 9.10. The molecule has 0 aromatic heterocycles. The van der Waals surface area contributed by atoms with Gasteiger partial charge in [0.25, 0.3) is 0 Å². The third-order valence-electron chi connectivity index (χ3n) is 10.6. The number of hydrogen-bond acceptors (Lipinski definition) is 2. The number of likely N-dealkylation sites (N-methyl/N-ethyl adjacent to an activating group) is 2. The molecule has 0 aliphatic carbocycles. The molecule has 0 radical (unpaired) electrons. The summed E-state index contributed by atoms with van der Waals surface area (Å²) in [5.41, 5.74) is 0. The van der Waals surface area contributed by atoms with Crippen LogP contribution in [0.3, 0.4) is 0 Å². The second kappa shape index (κ2) is 37.6. The van der Waals surface area contributed by atoms with Gasteiger partial charge >= 0.3 is 0 Å². The van der Waals surface area contributed by atoms with Crippen molar-refractivity contribution in [2.45, 2.75) is 206 Å². The van der Waals surface area contributed by atoms with Crippen molar-refractivity contribution >= 4 is 0 Å². The van der Waals surface area contributed by atoms with Gasteiger partial charge in [0.2, 0.25) is 0 Å². The summed E-state index contributed by atoms with van der Waals surface area (Å²) in [6, 6.07) is 0. The highest BCUT2D eigenvalue weighted by Gasteiger charge is 2.33. The smallest absolute Gasteiger partial charge is 0.137 e. The molecule has 0 aliphatic rings. The Kier molecular flexibility index (Phi) is 41.6. The summed E-state index contributed by atoms with van der Waals surface area (Å²) in [7, 11) is 13.3. The molecule has 0 bridgehead atoms. The van der Waals surface area contributed by atoms with E-state index in [4.69, 9.17) is 9.47 Å². The highest BCUT2D eigenvalue weighted by atomic mass is 79.9. The van der Waals surface area contributed by atoms with E-state index < -0.39 is 0 Å². The van der Waals surface area contributed by atoms with Crippen LogP contribution in [0.4, 0.5) is 0 Å². The number of halogens is 2. The SMILES string of the molecule is CCCCCCCCCCCCCCCC[N+](C)(C)C[C@H](OC)[C@H](C[N+](C)(C)CCCCCCCCCCCCCCCC)OC.[Br-].[Br-]. The molecule has 0 saturated carbocycles. The largest absolute Gasteiger partial charge is 1.00 e. The van der Waals surface area contributed by atoms with Crippen LogP contribution < -0.4 is 34.0 Å². The maximum atomic E-state index is 6.09. The van der Waals surface area contributed by atoms with Crippen LogP contribution in [0.5, 0.6) is 0 Å². The molecule has 2 atom stereocenters. The average molecular weight is 815 g/mol. The minimum Gasteiger partial charge on any atom is -1.00 e. The molecule has 0 heterocycles. The highest BCUT2D eigenvalue weighted by molar-refractivity contribution is 4.70. The molecular formula is C42H90Br2N2O2. The van der Waals surface area contributed by atoms with Gasteiger partial charge in [0, 0.05) is 14.2 Å². The first-order valence-corrected chi connectivity index (χ1v) is 20.9. The fraction of sp³-hybridized carbons (Fsp3) is 1.00. The van der Waals surface area contributed by atoms with Gasteiger partial charge in [-0.05, 0) is 25.7 Å². The van der Waals surface area contributed by atoms with Crippen LogP contribution >= 0.6 is 0 Å². The highest BCUT2D eigenvalue weighted by Crippen LogP contribution is 2.18. The zero-order valence-corrected chi connectivity index (χ0v) is 37.4. The number of rotatable bonds is 37. The van der Waals surface area contributed by atoms with Crippen LogP contribution in [0.15, 0.2) is 0 Å². The Morgan fingerprint density at radius 2 is 0.521 bits per heavy atom. The molecule has 0 aromatic rings. The molecule has 0 spiro atoms. The molecule has 294 valence electrons. The second-order valence-electron chi connectivity index (χ2n) is 16.4. The van der Waals surface area contributed by atoms with Crippen molar-refractivity contribution in [2.24, 2.45) is 0 Å². The minimum absolute atomic E-state index is 0. The first-order valence-electron chi connectivity index (χ1n) is 20.9. The fourth-order valence-electron chi connectivity index (χ4n) is 7.31. The van der Waals surface area contributed by atoms with Crippen LogP contribution in [0.2, 0.25) is 0 Å². The van der Waals surface area contributed by atoms with Gasteiger partial charge in [0.1, 0.15) is 25.3 Å². The number of ether oxygens (including phenoxy) is 2. The van der Waals surface area contributed by atoms with Gasteiger partial charge in [0.15, 0.2) is 0 Å². The Hall–Kier alpha value is 0.800. The second-order valence-corrected chi connectivity index (χ2v) is 16.4. The predicted octanol–water partition coefficient (Wildman–Crippen LogP) is 6.14. The van der Waals surface area contributed by atoms with Gasteiger partial charge < -0.3 is 52.4 Å². The number of nitrogens with zero attached hydrogens (tertiary/aromatic N) is 2. The van der Waals surface area contributed by atoms with Crippen molar-refractivity contribution in [3.63, 3.8) is 0 Å². The lowest BCUT2D eigenvalue weighted by Gasteiger charge is -2.39. The molecule has 0 N–H and O–H groups in total. The summed E-state index contributed by atoms with van der Waals surface area (Å²) in [5, 5.41) is 0. The number of quaternary nitrogens is 2. The lowest BCUT2D eigenvalue weighted by molar-refractivity contribution is -0.902. The lowest BCUT2D eigenvalue weighted by atomic mass is 10.0. The maximum absolute atomic E-state index is 6.09. The Bertz CT molecular complexity index is 568. The molecule has 48 heavy (non-hydrogen) atoms. The molecule has 0 fully saturated rings. The Morgan fingerprint density at radius 1 is 0.333 bits per heavy atom. The zero-order chi connectivity index (χ0) is 34.2. The van der Waals surface area contributed by atoms with E-state index in [2.05, 4.69) is 42.0 Å². The molecule has 0 unspecified atom stereocenters. The minimum atomic E-state index is 0. The van der Waals surface area contributed by atoms with E-state index in [0.717, 1.165) is 22.1 Å². The van der Waals surface area contributed by atoms with E-state index in [-0.39, 0.29) is 46.2 Å². The third kappa shape index (κ3) is 35.2. The van der Waals surface area contributed by atoms with E-state index in [9.17, 15) is 0 Å². The molecule has 0 aliphatic heterocycles. The fourth-order valence-corrected chi connectivity index (χ4v) is 7.31. The van der Waals surface area contributed by atoms with E-state index in [1.807, 2.05) is 14.2 Å². The summed E-state index contributed by atoms with van der Waals surface area (Å²) in [5.74, 6) is 0. The summed E-state index contributed by atoms with van der Waals surface area (Å²) in [6.07, 6.45) is 40.1. The van der Waals surface area contributed by atoms with Gasteiger partial charge in [-0.25, -0.2) is 0 Å². The van der Waals surface area contributed by atoms with Crippen LogP contribution in [0.25, 0.3) is 0 Å². The van der Waals surface area contributed by atoms with Crippen LogP contribution in [-0.4, -0.2) is 89.8 Å². The molecule has 0 amide bonds. The first-order chi connectivity index (χ1) is 22.2. The summed E-state index contributed by atoms with van der Waals surface area (Å²) < 4.78 is 14.2. The molecular weight excluding hydrogens is 724 g/mol. The normalized spacial score (nSPS) is 13.2. The van der Waals surface area contributed by atoms with Crippen LogP contribution in [-0.2, 0) is 9.47 Å². The van der Waals surface area contributed by atoms with E-state index in [1.165, 1.54) is 193 Å². The standard InChI is InChI=1S/C42H90N2O2.2BrH/c1-9-11-13-15-17-19-21-23-25-27-29-31-33-35-37-43(3,4)39-41(45-7)42(46-8)40-44(5,6)38-36-34-32-30-28-26-24-22-20-18-16-14-12-10-2;;/h41-42H,9-40H2,1-8H3;2*1H/q+2;;/p-2/t41-,42-;;/m0../s1. The van der Waals surface area contributed by atoms with Crippen molar-refractivity contribution < 1.29 is 52.4 Å². The van der Waals surface area contributed by atoms with Crippen molar-refractivity contribution in [3.05, 3.63) is 0 Å². The quantitative estimate of drug-likeness (QED) is 0.0555. The van der Waals surface area contributed by atoms with Crippen molar-refractivity contribution in [1.82, 2.24) is 0 Å².